The molecule has 1 aromatic heterocycles. The van der Waals surface area contributed by atoms with Gasteiger partial charge in [0.2, 0.25) is 0 Å². The van der Waals surface area contributed by atoms with Crippen molar-refractivity contribution in [1.29, 1.82) is 5.26 Å². The third kappa shape index (κ3) is 5.10. The standard InChI is InChI=1S/C32H30BrF2N5O2/c1-32(2,42)16-39-29-14-28(35)25(13-26(29)30(33)38-39)23-8-5-18(9-24(23)17-3-4-19(15-36)27(34)10-17)31(41)40-21-6-7-22(40)12-20(37)11-21/h3-5,8-10,13-14,20-22,42H,6-7,11-12,16,37H2,1-2H3/t20?,21-,22+. The molecule has 1 unspecified atom stereocenters. The lowest BCUT2D eigenvalue weighted by atomic mass is 9.90. The van der Waals surface area contributed by atoms with Gasteiger partial charge in [0, 0.05) is 40.7 Å². The first-order valence-electron chi connectivity index (χ1n) is 13.9. The number of piperidine rings is 1. The van der Waals surface area contributed by atoms with Gasteiger partial charge < -0.3 is 15.7 Å². The molecule has 2 bridgehead atoms. The number of fused-ring (bicyclic) bond motifs is 3. The number of aromatic nitrogens is 2. The van der Waals surface area contributed by atoms with Crippen LogP contribution < -0.4 is 5.73 Å². The molecule has 0 spiro atoms. The Labute approximate surface area is 250 Å². The van der Waals surface area contributed by atoms with Crippen molar-refractivity contribution in [2.75, 3.05) is 0 Å². The van der Waals surface area contributed by atoms with Crippen LogP contribution in [0.25, 0.3) is 33.2 Å². The van der Waals surface area contributed by atoms with E-state index in [0.717, 1.165) is 25.7 Å². The number of halogens is 3. The van der Waals surface area contributed by atoms with E-state index in [1.165, 1.54) is 18.2 Å². The molecule has 3 aromatic carbocycles. The number of benzene rings is 3. The predicted molar refractivity (Wildman–Crippen MR) is 159 cm³/mol. The first-order chi connectivity index (χ1) is 19.9. The topological polar surface area (TPSA) is 108 Å². The van der Waals surface area contributed by atoms with Crippen LogP contribution in [0.2, 0.25) is 0 Å². The van der Waals surface area contributed by atoms with Gasteiger partial charge in [0.05, 0.1) is 23.2 Å². The molecule has 2 aliphatic heterocycles. The van der Waals surface area contributed by atoms with Crippen molar-refractivity contribution in [1.82, 2.24) is 14.7 Å². The zero-order chi connectivity index (χ0) is 29.9. The molecule has 2 fully saturated rings. The molecule has 1 amide bonds. The summed E-state index contributed by atoms with van der Waals surface area (Å²) in [4.78, 5) is 15.8. The molecule has 216 valence electrons. The van der Waals surface area contributed by atoms with Crippen LogP contribution in [0.3, 0.4) is 0 Å². The minimum Gasteiger partial charge on any atom is -0.389 e. The lowest BCUT2D eigenvalue weighted by molar-refractivity contribution is 0.0572. The highest BCUT2D eigenvalue weighted by molar-refractivity contribution is 9.10. The maximum Gasteiger partial charge on any atom is 0.254 e. The van der Waals surface area contributed by atoms with Gasteiger partial charge in [-0.25, -0.2) is 8.78 Å². The summed E-state index contributed by atoms with van der Waals surface area (Å²) in [5.41, 5.74) is 7.55. The van der Waals surface area contributed by atoms with E-state index in [-0.39, 0.29) is 41.7 Å². The van der Waals surface area contributed by atoms with Gasteiger partial charge in [-0.05, 0) is 102 Å². The SMILES string of the molecule is CC(C)(O)Cn1nc(Br)c2cc(-c3ccc(C(=O)N4[C@@H]5CC[C@H]4CC(N)C5)cc3-c3ccc(C#N)c(F)c3)c(F)cc21. The van der Waals surface area contributed by atoms with Gasteiger partial charge in [0.25, 0.3) is 5.91 Å². The molecule has 0 aliphatic carbocycles. The van der Waals surface area contributed by atoms with Crippen LogP contribution in [0.4, 0.5) is 8.78 Å². The number of aliphatic hydroxyl groups is 1. The lowest BCUT2D eigenvalue weighted by Gasteiger charge is -2.38. The smallest absolute Gasteiger partial charge is 0.254 e. The molecule has 6 rings (SSSR count). The van der Waals surface area contributed by atoms with Crippen LogP contribution >= 0.6 is 15.9 Å². The van der Waals surface area contributed by atoms with Crippen molar-refractivity contribution in [3.8, 4) is 28.3 Å². The normalized spacial score (nSPS) is 20.2. The number of hydrogen-bond donors (Lipinski definition) is 2. The van der Waals surface area contributed by atoms with Crippen LogP contribution in [-0.2, 0) is 6.54 Å². The van der Waals surface area contributed by atoms with Gasteiger partial charge in [-0.3, -0.25) is 9.48 Å². The quantitative estimate of drug-likeness (QED) is 0.274. The highest BCUT2D eigenvalue weighted by Crippen LogP contribution is 2.40. The number of nitriles is 1. The second-order valence-corrected chi connectivity index (χ2v) is 12.8. The summed E-state index contributed by atoms with van der Waals surface area (Å²) in [6, 6.07) is 14.4. The van der Waals surface area contributed by atoms with E-state index in [1.807, 2.05) is 11.0 Å². The molecule has 3 atom stereocenters. The highest BCUT2D eigenvalue weighted by Gasteiger charge is 2.42. The molecule has 42 heavy (non-hydrogen) atoms. The molecule has 7 nitrogen and oxygen atoms in total. The summed E-state index contributed by atoms with van der Waals surface area (Å²) in [5, 5.41) is 24.7. The van der Waals surface area contributed by atoms with E-state index in [0.29, 0.717) is 37.8 Å². The number of nitrogens with zero attached hydrogens (tertiary/aromatic N) is 4. The number of rotatable bonds is 5. The number of carbonyl (C=O) groups is 1. The fourth-order valence-corrected chi connectivity index (χ4v) is 6.98. The first kappa shape index (κ1) is 28.5. The average molecular weight is 635 g/mol. The Balaban J connectivity index is 1.49. The number of nitrogens with two attached hydrogens (primary N) is 1. The van der Waals surface area contributed by atoms with Crippen molar-refractivity contribution in [2.24, 2.45) is 5.73 Å². The second-order valence-electron chi connectivity index (χ2n) is 12.0. The van der Waals surface area contributed by atoms with E-state index >= 15 is 4.39 Å². The summed E-state index contributed by atoms with van der Waals surface area (Å²) in [6.45, 7) is 3.45. The van der Waals surface area contributed by atoms with E-state index in [9.17, 15) is 19.6 Å². The van der Waals surface area contributed by atoms with Crippen molar-refractivity contribution >= 4 is 32.7 Å². The van der Waals surface area contributed by atoms with Gasteiger partial charge >= 0.3 is 0 Å². The molecular formula is C32H30BrF2N5O2. The summed E-state index contributed by atoms with van der Waals surface area (Å²) in [5.74, 6) is -1.36. The molecule has 3 heterocycles. The molecule has 0 saturated carbocycles. The second kappa shape index (κ2) is 10.6. The van der Waals surface area contributed by atoms with Gasteiger partial charge in [-0.15, -0.1) is 0 Å². The molecule has 10 heteroatoms. The van der Waals surface area contributed by atoms with E-state index in [4.69, 9.17) is 5.73 Å². The number of carbonyl (C=O) groups excluding carboxylic acids is 1. The van der Waals surface area contributed by atoms with Crippen LogP contribution in [-0.4, -0.2) is 49.4 Å². The fraction of sp³-hybridized carbons (Fsp3) is 0.344. The predicted octanol–water partition coefficient (Wildman–Crippen LogP) is 6.15. The Hall–Kier alpha value is -3.65. The molecule has 3 N–H and O–H groups in total. The van der Waals surface area contributed by atoms with Gasteiger partial charge in [0.1, 0.15) is 22.3 Å². The summed E-state index contributed by atoms with van der Waals surface area (Å²) >= 11 is 3.47. The Morgan fingerprint density at radius 3 is 2.43 bits per heavy atom. The molecule has 2 saturated heterocycles. The van der Waals surface area contributed by atoms with E-state index in [2.05, 4.69) is 21.0 Å². The molecule has 4 aromatic rings. The van der Waals surface area contributed by atoms with Gasteiger partial charge in [0.15, 0.2) is 0 Å². The van der Waals surface area contributed by atoms with Gasteiger partial charge in [-0.2, -0.15) is 10.4 Å². The first-order valence-corrected chi connectivity index (χ1v) is 14.7. The fourth-order valence-electron chi connectivity index (χ4n) is 6.47. The van der Waals surface area contributed by atoms with Crippen LogP contribution in [0.1, 0.15) is 55.5 Å². The highest BCUT2D eigenvalue weighted by atomic mass is 79.9. The minimum absolute atomic E-state index is 0.0798. The Bertz CT molecular complexity index is 1760. The Kier molecular flexibility index (Phi) is 7.16. The molecule has 2 aliphatic rings. The third-order valence-corrected chi connectivity index (χ3v) is 8.88. The lowest BCUT2D eigenvalue weighted by Crippen LogP contribution is -2.50. The minimum atomic E-state index is -1.07. The number of hydrogen-bond acceptors (Lipinski definition) is 5. The maximum atomic E-state index is 15.9. The Morgan fingerprint density at radius 2 is 1.79 bits per heavy atom. The van der Waals surface area contributed by atoms with Crippen molar-refractivity contribution in [2.45, 2.75) is 69.8 Å². The molecular weight excluding hydrogens is 604 g/mol. The summed E-state index contributed by atoms with van der Waals surface area (Å²) in [7, 11) is 0. The summed E-state index contributed by atoms with van der Waals surface area (Å²) < 4.78 is 32.8. The third-order valence-electron chi connectivity index (χ3n) is 8.29. The number of amides is 1. The zero-order valence-corrected chi connectivity index (χ0v) is 24.8. The average Bonchev–Trinajstić information content (AvgIpc) is 3.37. The largest absolute Gasteiger partial charge is 0.389 e. The van der Waals surface area contributed by atoms with Crippen LogP contribution in [0, 0.1) is 23.0 Å². The van der Waals surface area contributed by atoms with Crippen molar-refractivity contribution in [3.63, 3.8) is 0 Å². The Morgan fingerprint density at radius 1 is 1.07 bits per heavy atom. The molecule has 0 radical (unpaired) electrons. The van der Waals surface area contributed by atoms with Crippen LogP contribution in [0.15, 0.2) is 53.1 Å². The maximum absolute atomic E-state index is 15.9. The van der Waals surface area contributed by atoms with E-state index in [1.54, 1.807) is 48.9 Å². The van der Waals surface area contributed by atoms with Gasteiger partial charge in [-0.1, -0.05) is 12.1 Å². The van der Waals surface area contributed by atoms with Crippen molar-refractivity contribution in [3.05, 3.63) is 75.9 Å². The summed E-state index contributed by atoms with van der Waals surface area (Å²) in [6.07, 6.45) is 3.35. The van der Waals surface area contributed by atoms with E-state index < -0.39 is 17.2 Å². The van der Waals surface area contributed by atoms with Crippen LogP contribution in [0.5, 0.6) is 0 Å². The monoisotopic (exact) mass is 633 g/mol. The van der Waals surface area contributed by atoms with Crippen molar-refractivity contribution < 1.29 is 18.7 Å². The zero-order valence-electron chi connectivity index (χ0n) is 23.2.